The SMILES string of the molecule is CC(=O)SCCC(O)C(O)c1cccc(C(N)=S)c1. The second-order valence-corrected chi connectivity index (χ2v) is 5.84. The van der Waals surface area contributed by atoms with Crippen LogP contribution in [-0.2, 0) is 4.79 Å². The van der Waals surface area contributed by atoms with Crippen LogP contribution in [0.15, 0.2) is 24.3 Å². The zero-order valence-corrected chi connectivity index (χ0v) is 12.2. The maximum absolute atomic E-state index is 10.8. The van der Waals surface area contributed by atoms with Crippen molar-refractivity contribution >= 4 is 34.1 Å². The van der Waals surface area contributed by atoms with Crippen LogP contribution in [0.3, 0.4) is 0 Å². The number of hydrogen-bond donors (Lipinski definition) is 3. The molecule has 104 valence electrons. The highest BCUT2D eigenvalue weighted by Crippen LogP contribution is 2.21. The Labute approximate surface area is 122 Å². The van der Waals surface area contributed by atoms with Gasteiger partial charge < -0.3 is 15.9 Å². The first kappa shape index (κ1) is 16.1. The first-order valence-electron chi connectivity index (χ1n) is 5.81. The molecule has 0 aliphatic carbocycles. The third-order valence-electron chi connectivity index (χ3n) is 2.60. The fourth-order valence-corrected chi connectivity index (χ4v) is 2.35. The van der Waals surface area contributed by atoms with Gasteiger partial charge in [-0.25, -0.2) is 0 Å². The Balaban J connectivity index is 2.65. The summed E-state index contributed by atoms with van der Waals surface area (Å²) in [6, 6.07) is 6.84. The zero-order chi connectivity index (χ0) is 14.4. The van der Waals surface area contributed by atoms with Crippen LogP contribution in [0.25, 0.3) is 0 Å². The van der Waals surface area contributed by atoms with Crippen molar-refractivity contribution < 1.29 is 15.0 Å². The monoisotopic (exact) mass is 299 g/mol. The molecule has 0 aliphatic rings. The molecule has 0 radical (unpaired) electrons. The number of nitrogens with two attached hydrogens (primary N) is 1. The predicted molar refractivity (Wildman–Crippen MR) is 81.1 cm³/mol. The van der Waals surface area contributed by atoms with Crippen molar-refractivity contribution in [1.82, 2.24) is 0 Å². The summed E-state index contributed by atoms with van der Waals surface area (Å²) in [6.45, 7) is 1.47. The summed E-state index contributed by atoms with van der Waals surface area (Å²) >= 11 is 5.99. The topological polar surface area (TPSA) is 83.5 Å². The number of aliphatic hydroxyl groups excluding tert-OH is 2. The molecule has 1 aromatic rings. The average Bonchev–Trinajstić information content (AvgIpc) is 2.37. The lowest BCUT2D eigenvalue weighted by Crippen LogP contribution is -2.20. The minimum atomic E-state index is -1.01. The molecular weight excluding hydrogens is 282 g/mol. The number of aliphatic hydroxyl groups is 2. The van der Waals surface area contributed by atoms with Gasteiger partial charge in [-0.05, 0) is 18.1 Å². The number of hydrogen-bond acceptors (Lipinski definition) is 5. The molecular formula is C13H17NO3S2. The van der Waals surface area contributed by atoms with E-state index in [4.69, 9.17) is 18.0 Å². The highest BCUT2D eigenvalue weighted by molar-refractivity contribution is 8.13. The van der Waals surface area contributed by atoms with Gasteiger partial charge in [-0.1, -0.05) is 42.2 Å². The molecule has 2 atom stereocenters. The maximum Gasteiger partial charge on any atom is 0.185 e. The smallest absolute Gasteiger partial charge is 0.185 e. The van der Waals surface area contributed by atoms with Crippen molar-refractivity contribution in [1.29, 1.82) is 0 Å². The normalized spacial score (nSPS) is 13.8. The van der Waals surface area contributed by atoms with E-state index in [2.05, 4.69) is 0 Å². The summed E-state index contributed by atoms with van der Waals surface area (Å²) < 4.78 is 0. The third kappa shape index (κ3) is 5.28. The van der Waals surface area contributed by atoms with Gasteiger partial charge in [0, 0.05) is 18.2 Å². The van der Waals surface area contributed by atoms with Crippen molar-refractivity contribution in [2.75, 3.05) is 5.75 Å². The van der Waals surface area contributed by atoms with E-state index in [0.717, 1.165) is 11.8 Å². The molecule has 0 saturated heterocycles. The van der Waals surface area contributed by atoms with E-state index < -0.39 is 12.2 Å². The number of thioether (sulfide) groups is 1. The second-order valence-electron chi connectivity index (χ2n) is 4.13. The molecule has 0 heterocycles. The van der Waals surface area contributed by atoms with E-state index in [1.807, 2.05) is 0 Å². The Morgan fingerprint density at radius 3 is 2.74 bits per heavy atom. The van der Waals surface area contributed by atoms with Crippen LogP contribution < -0.4 is 5.73 Å². The lowest BCUT2D eigenvalue weighted by Gasteiger charge is -2.18. The van der Waals surface area contributed by atoms with Gasteiger partial charge >= 0.3 is 0 Å². The van der Waals surface area contributed by atoms with Gasteiger partial charge in [0.2, 0.25) is 0 Å². The second kappa shape index (κ2) is 7.59. The summed E-state index contributed by atoms with van der Waals surface area (Å²) in [5, 5.41) is 19.9. The van der Waals surface area contributed by atoms with Crippen molar-refractivity contribution in [3.63, 3.8) is 0 Å². The minimum Gasteiger partial charge on any atom is -0.390 e. The molecule has 0 spiro atoms. The van der Waals surface area contributed by atoms with Crippen LogP contribution in [-0.4, -0.2) is 32.2 Å². The van der Waals surface area contributed by atoms with Gasteiger partial charge in [-0.15, -0.1) is 0 Å². The first-order chi connectivity index (χ1) is 8.91. The average molecular weight is 299 g/mol. The molecule has 6 heteroatoms. The predicted octanol–water partition coefficient (Wildman–Crippen LogP) is 1.38. The van der Waals surface area contributed by atoms with Crippen LogP contribution in [0.1, 0.15) is 30.6 Å². The van der Waals surface area contributed by atoms with E-state index in [-0.39, 0.29) is 10.1 Å². The van der Waals surface area contributed by atoms with Gasteiger partial charge in [0.05, 0.1) is 6.10 Å². The molecule has 2 unspecified atom stereocenters. The standard InChI is InChI=1S/C13H17NO3S2/c1-8(15)19-6-5-11(16)12(17)9-3-2-4-10(7-9)13(14)18/h2-4,7,11-12,16-17H,5-6H2,1H3,(H2,14,18). The number of thiocarbonyl (C=S) groups is 1. The highest BCUT2D eigenvalue weighted by Gasteiger charge is 2.18. The van der Waals surface area contributed by atoms with Crippen LogP contribution in [0.4, 0.5) is 0 Å². The third-order valence-corrected chi connectivity index (χ3v) is 3.68. The Bertz CT molecular complexity index is 465. The van der Waals surface area contributed by atoms with Gasteiger partial charge in [0.15, 0.2) is 5.12 Å². The van der Waals surface area contributed by atoms with Crippen LogP contribution in [0.5, 0.6) is 0 Å². The number of carbonyl (C=O) groups excluding carboxylic acids is 1. The molecule has 1 aromatic carbocycles. The summed E-state index contributed by atoms with van der Waals surface area (Å²) in [4.78, 5) is 11.0. The molecule has 19 heavy (non-hydrogen) atoms. The van der Waals surface area contributed by atoms with Crippen molar-refractivity contribution in [2.45, 2.75) is 25.6 Å². The van der Waals surface area contributed by atoms with Gasteiger partial charge in [0.1, 0.15) is 11.1 Å². The van der Waals surface area contributed by atoms with E-state index in [0.29, 0.717) is 23.3 Å². The largest absolute Gasteiger partial charge is 0.390 e. The Morgan fingerprint density at radius 1 is 1.47 bits per heavy atom. The Morgan fingerprint density at radius 2 is 2.16 bits per heavy atom. The summed E-state index contributed by atoms with van der Waals surface area (Å²) in [7, 11) is 0. The van der Waals surface area contributed by atoms with Crippen LogP contribution >= 0.6 is 24.0 Å². The first-order valence-corrected chi connectivity index (χ1v) is 7.20. The Kier molecular flexibility index (Phi) is 6.44. The zero-order valence-electron chi connectivity index (χ0n) is 10.6. The van der Waals surface area contributed by atoms with Crippen molar-refractivity contribution in [3.8, 4) is 0 Å². The summed E-state index contributed by atoms with van der Waals surface area (Å²) in [6.07, 6.45) is -1.60. The fourth-order valence-electron chi connectivity index (χ4n) is 1.58. The van der Waals surface area contributed by atoms with E-state index >= 15 is 0 Å². The van der Waals surface area contributed by atoms with Crippen molar-refractivity contribution in [2.24, 2.45) is 5.73 Å². The molecule has 0 aromatic heterocycles. The van der Waals surface area contributed by atoms with E-state index in [1.165, 1.54) is 6.92 Å². The van der Waals surface area contributed by atoms with Gasteiger partial charge in [-0.2, -0.15) is 0 Å². The van der Waals surface area contributed by atoms with Gasteiger partial charge in [0.25, 0.3) is 0 Å². The molecule has 4 N–H and O–H groups in total. The number of carbonyl (C=O) groups is 1. The van der Waals surface area contributed by atoms with Crippen LogP contribution in [0.2, 0.25) is 0 Å². The van der Waals surface area contributed by atoms with E-state index in [1.54, 1.807) is 24.3 Å². The van der Waals surface area contributed by atoms with Crippen LogP contribution in [0, 0.1) is 0 Å². The fraction of sp³-hybridized carbons (Fsp3) is 0.385. The molecule has 0 fully saturated rings. The molecule has 0 saturated carbocycles. The molecule has 1 rings (SSSR count). The molecule has 0 aliphatic heterocycles. The molecule has 4 nitrogen and oxygen atoms in total. The minimum absolute atomic E-state index is 0.00262. The van der Waals surface area contributed by atoms with E-state index in [9.17, 15) is 15.0 Å². The van der Waals surface area contributed by atoms with Crippen molar-refractivity contribution in [3.05, 3.63) is 35.4 Å². The number of rotatable bonds is 6. The summed E-state index contributed by atoms with van der Waals surface area (Å²) in [5.74, 6) is 0.475. The maximum atomic E-state index is 10.8. The molecule has 0 bridgehead atoms. The summed E-state index contributed by atoms with van der Waals surface area (Å²) in [5.41, 5.74) is 6.73. The lowest BCUT2D eigenvalue weighted by molar-refractivity contribution is -0.109. The molecule has 0 amide bonds. The highest BCUT2D eigenvalue weighted by atomic mass is 32.2. The quantitative estimate of drug-likeness (QED) is 0.688. The Hall–Kier alpha value is -0.950. The lowest BCUT2D eigenvalue weighted by atomic mass is 10.0. The number of benzene rings is 1. The van der Waals surface area contributed by atoms with Gasteiger partial charge in [-0.3, -0.25) is 4.79 Å².